The molecular weight excluding hydrogens is 347 g/mol. The summed E-state index contributed by atoms with van der Waals surface area (Å²) in [5, 5.41) is 12.3. The molecule has 0 bridgehead atoms. The zero-order valence-corrected chi connectivity index (χ0v) is 14.6. The Morgan fingerprint density at radius 1 is 0.958 bits per heavy atom. The highest BCUT2D eigenvalue weighted by atomic mass is 35.5. The van der Waals surface area contributed by atoms with Crippen molar-refractivity contribution in [1.29, 1.82) is 0 Å². The van der Waals surface area contributed by atoms with Gasteiger partial charge < -0.3 is 10.2 Å². The zero-order valence-electron chi connectivity index (χ0n) is 13.1. The van der Waals surface area contributed by atoms with E-state index in [1.54, 1.807) is 30.3 Å². The summed E-state index contributed by atoms with van der Waals surface area (Å²) in [5.41, 5.74) is 1.08. The van der Waals surface area contributed by atoms with Crippen LogP contribution < -0.4 is 5.32 Å². The fourth-order valence-electron chi connectivity index (χ4n) is 2.72. The minimum absolute atomic E-state index is 0.0539. The number of halogens is 2. The zero-order chi connectivity index (χ0) is 16.9. The summed E-state index contributed by atoms with van der Waals surface area (Å²) in [4.78, 5) is 14.3. The van der Waals surface area contributed by atoms with Gasteiger partial charge in [-0.15, -0.1) is 10.2 Å². The van der Waals surface area contributed by atoms with Crippen molar-refractivity contribution in [1.82, 2.24) is 15.1 Å². The lowest BCUT2D eigenvalue weighted by Crippen LogP contribution is -2.32. The van der Waals surface area contributed by atoms with Crippen molar-refractivity contribution >= 4 is 40.6 Å². The van der Waals surface area contributed by atoms with Crippen LogP contribution in [0.4, 0.5) is 11.5 Å². The summed E-state index contributed by atoms with van der Waals surface area (Å²) in [6, 6.07) is 8.56. The van der Waals surface area contributed by atoms with Gasteiger partial charge in [0.15, 0.2) is 11.5 Å². The highest BCUT2D eigenvalue weighted by Gasteiger charge is 2.18. The Labute approximate surface area is 151 Å². The van der Waals surface area contributed by atoms with E-state index in [1.807, 2.05) is 4.90 Å². The lowest BCUT2D eigenvalue weighted by molar-refractivity contribution is 0.0754. The number of hydrogen-bond donors (Lipinski definition) is 1. The molecule has 126 valence electrons. The van der Waals surface area contributed by atoms with Gasteiger partial charge in [-0.25, -0.2) is 0 Å². The third-order valence-electron chi connectivity index (χ3n) is 3.91. The summed E-state index contributed by atoms with van der Waals surface area (Å²) < 4.78 is 0. The smallest absolute Gasteiger partial charge is 0.274 e. The topological polar surface area (TPSA) is 58.1 Å². The van der Waals surface area contributed by atoms with Crippen LogP contribution in [0.15, 0.2) is 30.3 Å². The highest BCUT2D eigenvalue weighted by molar-refractivity contribution is 6.35. The van der Waals surface area contributed by atoms with Crippen LogP contribution in [0.1, 0.15) is 36.2 Å². The molecule has 1 saturated heterocycles. The minimum Gasteiger partial charge on any atom is -0.339 e. The Kier molecular flexibility index (Phi) is 5.53. The Morgan fingerprint density at radius 2 is 1.62 bits per heavy atom. The molecular formula is C17H18Cl2N4O. The van der Waals surface area contributed by atoms with Gasteiger partial charge >= 0.3 is 0 Å². The van der Waals surface area contributed by atoms with Crippen LogP contribution in [-0.4, -0.2) is 34.1 Å². The molecule has 2 heterocycles. The van der Waals surface area contributed by atoms with Gasteiger partial charge in [0.2, 0.25) is 0 Å². The maximum absolute atomic E-state index is 12.5. The minimum atomic E-state index is -0.0539. The second kappa shape index (κ2) is 7.81. The van der Waals surface area contributed by atoms with E-state index in [0.717, 1.165) is 25.9 Å². The summed E-state index contributed by atoms with van der Waals surface area (Å²) in [6.07, 6.45) is 4.46. The molecule has 1 aromatic heterocycles. The van der Waals surface area contributed by atoms with Gasteiger partial charge in [-0.3, -0.25) is 4.79 Å². The number of nitrogens with zero attached hydrogens (tertiary/aromatic N) is 3. The normalized spacial score (nSPS) is 15.0. The quantitative estimate of drug-likeness (QED) is 0.867. The number of rotatable bonds is 3. The van der Waals surface area contributed by atoms with Crippen LogP contribution >= 0.6 is 23.2 Å². The molecule has 0 unspecified atom stereocenters. The van der Waals surface area contributed by atoms with E-state index in [9.17, 15) is 4.79 Å². The number of benzene rings is 1. The predicted octanol–water partition coefficient (Wildman–Crippen LogP) is 4.54. The van der Waals surface area contributed by atoms with E-state index < -0.39 is 0 Å². The summed E-state index contributed by atoms with van der Waals surface area (Å²) in [6.45, 7) is 1.59. The Hall–Kier alpha value is -1.85. The molecule has 1 amide bonds. The lowest BCUT2D eigenvalue weighted by atomic mass is 10.2. The number of hydrogen-bond acceptors (Lipinski definition) is 4. The van der Waals surface area contributed by atoms with Crippen LogP contribution in [0.3, 0.4) is 0 Å². The van der Waals surface area contributed by atoms with Crippen molar-refractivity contribution in [3.8, 4) is 0 Å². The standard InChI is InChI=1S/C17H18Cl2N4O/c18-12-9-13(19)11-14(10-12)20-16-6-5-15(21-22-16)17(24)23-7-3-1-2-4-8-23/h5-6,9-11H,1-4,7-8H2,(H,20,22). The van der Waals surface area contributed by atoms with Gasteiger partial charge in [0.05, 0.1) is 0 Å². The first-order valence-electron chi connectivity index (χ1n) is 7.98. The Bertz CT molecular complexity index is 693. The van der Waals surface area contributed by atoms with Gasteiger partial charge in [-0.05, 0) is 43.2 Å². The molecule has 24 heavy (non-hydrogen) atoms. The molecule has 0 radical (unpaired) electrons. The number of anilines is 2. The third-order valence-corrected chi connectivity index (χ3v) is 4.35. The lowest BCUT2D eigenvalue weighted by Gasteiger charge is -2.19. The summed E-state index contributed by atoms with van der Waals surface area (Å²) in [5.74, 6) is 0.475. The summed E-state index contributed by atoms with van der Waals surface area (Å²) in [7, 11) is 0. The fraction of sp³-hybridized carbons (Fsp3) is 0.353. The molecule has 1 N–H and O–H groups in total. The average Bonchev–Trinajstić information content (AvgIpc) is 2.83. The molecule has 1 aromatic carbocycles. The fourth-order valence-corrected chi connectivity index (χ4v) is 3.25. The first-order chi connectivity index (χ1) is 11.6. The first kappa shape index (κ1) is 17.0. The maximum Gasteiger partial charge on any atom is 0.274 e. The van der Waals surface area contributed by atoms with Crippen LogP contribution in [-0.2, 0) is 0 Å². The number of nitrogens with one attached hydrogen (secondary N) is 1. The van der Waals surface area contributed by atoms with Gasteiger partial charge in [-0.1, -0.05) is 36.0 Å². The monoisotopic (exact) mass is 364 g/mol. The van der Waals surface area contributed by atoms with Crippen molar-refractivity contribution in [2.24, 2.45) is 0 Å². The second-order valence-corrected chi connectivity index (χ2v) is 6.67. The maximum atomic E-state index is 12.5. The molecule has 0 spiro atoms. The molecule has 0 aliphatic carbocycles. The van der Waals surface area contributed by atoms with E-state index in [1.165, 1.54) is 12.8 Å². The van der Waals surface area contributed by atoms with Crippen LogP contribution in [0, 0.1) is 0 Å². The van der Waals surface area contributed by atoms with Crippen molar-refractivity contribution in [2.45, 2.75) is 25.7 Å². The molecule has 1 fully saturated rings. The molecule has 2 aromatic rings. The van der Waals surface area contributed by atoms with E-state index in [0.29, 0.717) is 27.2 Å². The highest BCUT2D eigenvalue weighted by Crippen LogP contribution is 2.24. The van der Waals surface area contributed by atoms with Crippen LogP contribution in [0.5, 0.6) is 0 Å². The first-order valence-corrected chi connectivity index (χ1v) is 8.73. The van der Waals surface area contributed by atoms with Gasteiger partial charge in [-0.2, -0.15) is 0 Å². The van der Waals surface area contributed by atoms with E-state index >= 15 is 0 Å². The Balaban J connectivity index is 1.69. The van der Waals surface area contributed by atoms with Gasteiger partial charge in [0.25, 0.3) is 5.91 Å². The number of carbonyl (C=O) groups is 1. The molecule has 5 nitrogen and oxygen atoms in total. The van der Waals surface area contributed by atoms with E-state index in [-0.39, 0.29) is 5.91 Å². The second-order valence-electron chi connectivity index (χ2n) is 5.79. The number of amides is 1. The molecule has 3 rings (SSSR count). The molecule has 0 atom stereocenters. The third kappa shape index (κ3) is 4.36. The average molecular weight is 365 g/mol. The summed E-state index contributed by atoms with van der Waals surface area (Å²) >= 11 is 11.9. The molecule has 1 aliphatic rings. The van der Waals surface area contributed by atoms with E-state index in [2.05, 4.69) is 15.5 Å². The van der Waals surface area contributed by atoms with E-state index in [4.69, 9.17) is 23.2 Å². The van der Waals surface area contributed by atoms with Crippen molar-refractivity contribution in [2.75, 3.05) is 18.4 Å². The molecule has 1 aliphatic heterocycles. The van der Waals surface area contributed by atoms with Crippen molar-refractivity contribution < 1.29 is 4.79 Å². The van der Waals surface area contributed by atoms with Gasteiger partial charge in [0.1, 0.15) is 0 Å². The van der Waals surface area contributed by atoms with Crippen LogP contribution in [0.2, 0.25) is 10.0 Å². The van der Waals surface area contributed by atoms with Crippen molar-refractivity contribution in [3.63, 3.8) is 0 Å². The van der Waals surface area contributed by atoms with Crippen molar-refractivity contribution in [3.05, 3.63) is 46.1 Å². The SMILES string of the molecule is O=C(c1ccc(Nc2cc(Cl)cc(Cl)c2)nn1)N1CCCCCC1. The van der Waals surface area contributed by atoms with Gasteiger partial charge in [0, 0.05) is 28.8 Å². The largest absolute Gasteiger partial charge is 0.339 e. The number of likely N-dealkylation sites (tertiary alicyclic amines) is 1. The molecule has 7 heteroatoms. The Morgan fingerprint density at radius 3 is 2.21 bits per heavy atom. The van der Waals surface area contributed by atoms with Crippen LogP contribution in [0.25, 0.3) is 0 Å². The molecule has 0 saturated carbocycles. The number of aromatic nitrogens is 2. The predicted molar refractivity (Wildman–Crippen MR) is 96.1 cm³/mol. The number of carbonyl (C=O) groups excluding carboxylic acids is 1.